The van der Waals surface area contributed by atoms with Gasteiger partial charge < -0.3 is 4.90 Å². The number of halogens is 6. The average molecular weight is 634 g/mol. The molecule has 0 aliphatic carbocycles. The van der Waals surface area contributed by atoms with Crippen molar-refractivity contribution in [3.8, 4) is 0 Å². The van der Waals surface area contributed by atoms with Gasteiger partial charge in [-0.3, -0.25) is 19.3 Å². The van der Waals surface area contributed by atoms with Crippen molar-refractivity contribution in [2.45, 2.75) is 19.0 Å². The lowest BCUT2D eigenvalue weighted by Crippen LogP contribution is -2.67. The van der Waals surface area contributed by atoms with Crippen LogP contribution in [0.4, 0.5) is 5.69 Å². The van der Waals surface area contributed by atoms with Crippen molar-refractivity contribution in [1.82, 2.24) is 4.90 Å². The summed E-state index contributed by atoms with van der Waals surface area (Å²) in [5.74, 6) is -2.00. The molecule has 11 heteroatoms. The molecule has 0 spiro atoms. The number of hydrogen-bond donors (Lipinski definition) is 0. The van der Waals surface area contributed by atoms with Gasteiger partial charge in [0.15, 0.2) is 0 Å². The maximum absolute atomic E-state index is 13.6. The molecule has 3 aromatic carbocycles. The van der Waals surface area contributed by atoms with Crippen LogP contribution in [0.25, 0.3) is 0 Å². The van der Waals surface area contributed by atoms with Gasteiger partial charge in [-0.1, -0.05) is 92.1 Å². The number of anilines is 1. The van der Waals surface area contributed by atoms with E-state index >= 15 is 0 Å². The van der Waals surface area contributed by atoms with Gasteiger partial charge in [0.1, 0.15) is 6.04 Å². The zero-order chi connectivity index (χ0) is 25.3. The van der Waals surface area contributed by atoms with Gasteiger partial charge in [-0.2, -0.15) is 0 Å². The first kappa shape index (κ1) is 24.9. The molecule has 0 radical (unpaired) electrons. The monoisotopic (exact) mass is 630 g/mol. The molecule has 5 nitrogen and oxygen atoms in total. The Hall–Kier alpha value is -1.80. The Morgan fingerprint density at radius 3 is 1.89 bits per heavy atom. The van der Waals surface area contributed by atoms with Crippen molar-refractivity contribution < 1.29 is 14.4 Å². The number of amides is 3. The van der Waals surface area contributed by atoms with Crippen LogP contribution in [0.15, 0.2) is 46.9 Å². The average Bonchev–Trinajstić information content (AvgIpc) is 3.07. The van der Waals surface area contributed by atoms with Crippen molar-refractivity contribution in [1.29, 1.82) is 0 Å². The standard InChI is InChI=1S/C24H12BrCl5N2O3/c1-9-5-6-12(8-13(9)26)31-20(10-3-2-4-11(25)7-10)21(24(31)35)32-22(33)14-15(23(32)34)17(28)19(30)18(29)16(14)27/h2-8,20-21H,1H3. The molecular weight excluding hydrogens is 621 g/mol. The first-order chi connectivity index (χ1) is 16.5. The highest BCUT2D eigenvalue weighted by molar-refractivity contribution is 9.10. The van der Waals surface area contributed by atoms with Gasteiger partial charge in [0.25, 0.3) is 17.7 Å². The summed E-state index contributed by atoms with van der Waals surface area (Å²) < 4.78 is 0.766. The molecule has 0 N–H and O–H groups in total. The molecule has 0 saturated carbocycles. The van der Waals surface area contributed by atoms with E-state index in [9.17, 15) is 14.4 Å². The molecule has 2 aliphatic heterocycles. The zero-order valence-electron chi connectivity index (χ0n) is 17.6. The van der Waals surface area contributed by atoms with Crippen LogP contribution < -0.4 is 4.90 Å². The number of β-lactam (4-membered cyclic amide) rings is 1. The summed E-state index contributed by atoms with van der Waals surface area (Å²) in [5.41, 5.74) is 1.73. The fourth-order valence-electron chi connectivity index (χ4n) is 4.39. The Labute approximate surface area is 233 Å². The molecule has 2 atom stereocenters. The quantitative estimate of drug-likeness (QED) is 0.128. The number of rotatable bonds is 3. The summed E-state index contributed by atoms with van der Waals surface area (Å²) in [6, 6.07) is 10.6. The van der Waals surface area contributed by atoms with E-state index in [4.69, 9.17) is 58.0 Å². The van der Waals surface area contributed by atoms with Crippen LogP contribution in [0.3, 0.4) is 0 Å². The predicted octanol–water partition coefficient (Wildman–Crippen LogP) is 7.78. The Morgan fingerprint density at radius 2 is 1.34 bits per heavy atom. The van der Waals surface area contributed by atoms with E-state index in [1.165, 1.54) is 4.90 Å². The topological polar surface area (TPSA) is 57.7 Å². The highest BCUT2D eigenvalue weighted by Crippen LogP contribution is 2.49. The molecule has 2 unspecified atom stereocenters. The number of carbonyl (C=O) groups excluding carboxylic acids is 3. The van der Waals surface area contributed by atoms with Crippen LogP contribution in [0.1, 0.15) is 37.9 Å². The zero-order valence-corrected chi connectivity index (χ0v) is 22.9. The number of carbonyl (C=O) groups is 3. The van der Waals surface area contributed by atoms with Crippen LogP contribution in [0.5, 0.6) is 0 Å². The number of fused-ring (bicyclic) bond motifs is 1. The summed E-state index contributed by atoms with van der Waals surface area (Å²) in [7, 11) is 0. The van der Waals surface area contributed by atoms with Crippen molar-refractivity contribution in [3.05, 3.63) is 94.3 Å². The first-order valence-electron chi connectivity index (χ1n) is 10.1. The Kier molecular flexibility index (Phi) is 6.36. The van der Waals surface area contributed by atoms with Gasteiger partial charge in [-0.25, -0.2) is 0 Å². The lowest BCUT2D eigenvalue weighted by atomic mass is 9.86. The Morgan fingerprint density at radius 1 is 0.743 bits per heavy atom. The highest BCUT2D eigenvalue weighted by Gasteiger charge is 2.58. The van der Waals surface area contributed by atoms with E-state index < -0.39 is 29.8 Å². The van der Waals surface area contributed by atoms with Crippen LogP contribution in [0, 0.1) is 6.92 Å². The Bertz CT molecular complexity index is 1430. The first-order valence-corrected chi connectivity index (χ1v) is 12.8. The minimum absolute atomic E-state index is 0.139. The minimum Gasteiger partial charge on any atom is -0.300 e. The van der Waals surface area contributed by atoms with E-state index in [1.54, 1.807) is 24.3 Å². The van der Waals surface area contributed by atoms with Crippen LogP contribution in [-0.4, -0.2) is 28.7 Å². The number of imide groups is 1. The Balaban J connectivity index is 1.65. The maximum Gasteiger partial charge on any atom is 0.264 e. The fraction of sp³-hybridized carbons (Fsp3) is 0.125. The second kappa shape index (κ2) is 8.94. The summed E-state index contributed by atoms with van der Waals surface area (Å²) in [4.78, 5) is 42.9. The second-order valence-corrected chi connectivity index (χ2v) is 10.9. The molecule has 3 amide bonds. The van der Waals surface area contributed by atoms with Crippen LogP contribution in [0.2, 0.25) is 25.1 Å². The molecule has 178 valence electrons. The predicted molar refractivity (Wildman–Crippen MR) is 141 cm³/mol. The van der Waals surface area contributed by atoms with Crippen molar-refractivity contribution in [3.63, 3.8) is 0 Å². The number of hydrogen-bond acceptors (Lipinski definition) is 3. The van der Waals surface area contributed by atoms with E-state index in [2.05, 4.69) is 15.9 Å². The van der Waals surface area contributed by atoms with Gasteiger partial charge in [-0.05, 0) is 42.3 Å². The smallest absolute Gasteiger partial charge is 0.264 e. The maximum atomic E-state index is 13.6. The second-order valence-electron chi connectivity index (χ2n) is 8.07. The normalized spacial score (nSPS) is 19.3. The van der Waals surface area contributed by atoms with E-state index in [0.717, 1.165) is 14.9 Å². The van der Waals surface area contributed by atoms with E-state index in [-0.39, 0.29) is 31.2 Å². The molecule has 3 aromatic rings. The van der Waals surface area contributed by atoms with E-state index in [1.807, 2.05) is 25.1 Å². The third kappa shape index (κ3) is 3.69. The molecule has 35 heavy (non-hydrogen) atoms. The van der Waals surface area contributed by atoms with Gasteiger partial charge in [0.05, 0.1) is 37.3 Å². The van der Waals surface area contributed by atoms with Crippen molar-refractivity contribution in [2.75, 3.05) is 4.90 Å². The van der Waals surface area contributed by atoms with E-state index in [0.29, 0.717) is 16.3 Å². The number of benzene rings is 3. The van der Waals surface area contributed by atoms with Crippen molar-refractivity contribution >= 4 is 97.3 Å². The summed E-state index contributed by atoms with van der Waals surface area (Å²) in [6.07, 6.45) is 0. The van der Waals surface area contributed by atoms with Gasteiger partial charge in [-0.15, -0.1) is 0 Å². The SMILES string of the molecule is Cc1ccc(N2C(=O)C(N3C(=O)c4c(Cl)c(Cl)c(Cl)c(Cl)c4C3=O)C2c2cccc(Br)c2)cc1Cl. The van der Waals surface area contributed by atoms with Gasteiger partial charge in [0, 0.05) is 15.2 Å². The van der Waals surface area contributed by atoms with Crippen LogP contribution in [-0.2, 0) is 4.79 Å². The molecule has 0 bridgehead atoms. The van der Waals surface area contributed by atoms with Gasteiger partial charge in [0.2, 0.25) is 0 Å². The summed E-state index contributed by atoms with van der Waals surface area (Å²) >= 11 is 34.6. The third-order valence-corrected chi connectivity index (χ3v) is 8.80. The van der Waals surface area contributed by atoms with Crippen LogP contribution >= 0.6 is 73.9 Å². The lowest BCUT2D eigenvalue weighted by Gasteiger charge is -2.49. The number of nitrogens with zero attached hydrogens (tertiary/aromatic N) is 2. The molecule has 1 saturated heterocycles. The van der Waals surface area contributed by atoms with Crippen molar-refractivity contribution in [2.24, 2.45) is 0 Å². The summed E-state index contributed by atoms with van der Waals surface area (Å²) in [6.45, 7) is 1.85. The number of aryl methyl sites for hydroxylation is 1. The third-order valence-electron chi connectivity index (χ3n) is 6.10. The molecular formula is C24H12BrCl5N2O3. The summed E-state index contributed by atoms with van der Waals surface area (Å²) in [5, 5.41) is -0.177. The molecule has 5 rings (SSSR count). The lowest BCUT2D eigenvalue weighted by molar-refractivity contribution is -0.130. The minimum atomic E-state index is -1.15. The van der Waals surface area contributed by atoms with Gasteiger partial charge >= 0.3 is 0 Å². The molecule has 2 aliphatic rings. The molecule has 2 heterocycles. The fourth-order valence-corrected chi connectivity index (χ4v) is 5.99. The molecule has 1 fully saturated rings. The largest absolute Gasteiger partial charge is 0.300 e. The molecule has 0 aromatic heterocycles. The highest BCUT2D eigenvalue weighted by atomic mass is 79.9.